The van der Waals surface area contributed by atoms with Crippen molar-refractivity contribution in [1.29, 1.82) is 0 Å². The molecule has 0 spiro atoms. The lowest BCUT2D eigenvalue weighted by atomic mass is 9.99. The van der Waals surface area contributed by atoms with Crippen molar-refractivity contribution in [3.8, 4) is 22.5 Å². The molecule has 1 heterocycles. The van der Waals surface area contributed by atoms with Crippen molar-refractivity contribution in [2.75, 3.05) is 41.3 Å². The molecule has 0 radical (unpaired) electrons. The number of hydrogen-bond donors (Lipinski definition) is 1. The summed E-state index contributed by atoms with van der Waals surface area (Å²) in [5, 5.41) is 4.20. The molecule has 0 aliphatic rings. The fourth-order valence-electron chi connectivity index (χ4n) is 4.02. The monoisotopic (exact) mass is 459 g/mol. The molecule has 1 amide bonds. The highest BCUT2D eigenvalue weighted by molar-refractivity contribution is 5.96. The second kappa shape index (κ2) is 10.2. The predicted octanol–water partition coefficient (Wildman–Crippen LogP) is 5.26. The molecule has 1 aromatic heterocycles. The van der Waals surface area contributed by atoms with E-state index in [1.165, 1.54) is 12.1 Å². The zero-order valence-electron chi connectivity index (χ0n) is 20.1. The lowest BCUT2D eigenvalue weighted by molar-refractivity contribution is 0.0786. The van der Waals surface area contributed by atoms with Crippen LogP contribution in [0, 0.1) is 5.82 Å². The second-order valence-electron chi connectivity index (χ2n) is 8.77. The normalized spacial score (nSPS) is 11.4. The molecule has 0 saturated heterocycles. The van der Waals surface area contributed by atoms with E-state index in [1.54, 1.807) is 17.0 Å². The maximum absolute atomic E-state index is 13.4. The van der Waals surface area contributed by atoms with Crippen LogP contribution in [0.2, 0.25) is 0 Å². The van der Waals surface area contributed by atoms with Gasteiger partial charge in [0, 0.05) is 48.8 Å². The van der Waals surface area contributed by atoms with Crippen molar-refractivity contribution in [2.45, 2.75) is 6.54 Å². The van der Waals surface area contributed by atoms with E-state index in [0.717, 1.165) is 45.5 Å². The van der Waals surface area contributed by atoms with Crippen LogP contribution in [0.1, 0.15) is 15.9 Å². The molecule has 5 nitrogen and oxygen atoms in total. The summed E-state index contributed by atoms with van der Waals surface area (Å²) in [4.78, 5) is 16.7. The number of hydrogen-bond acceptors (Lipinski definition) is 4. The van der Waals surface area contributed by atoms with Gasteiger partial charge < -0.3 is 19.5 Å². The lowest BCUT2D eigenvalue weighted by Crippen LogP contribution is -2.33. The molecule has 6 heteroatoms. The number of amides is 1. The standard InChI is InChI=1S/C28H30FN3O2/c1-30-18-25-24-17-21(10-13-26(24)34-27(25)19-8-11-23(29)12-9-19)20-6-5-7-22(16-20)28(33)32(4)15-14-31(2)3/h5-13,16-17,30H,14-15,18H2,1-4H3. The second-order valence-corrected chi connectivity index (χ2v) is 8.77. The summed E-state index contributed by atoms with van der Waals surface area (Å²) in [6.07, 6.45) is 0. The highest BCUT2D eigenvalue weighted by atomic mass is 19.1. The zero-order chi connectivity index (χ0) is 24.2. The van der Waals surface area contributed by atoms with Crippen molar-refractivity contribution in [3.05, 3.63) is 83.7 Å². The third-order valence-electron chi connectivity index (χ3n) is 5.92. The van der Waals surface area contributed by atoms with E-state index in [2.05, 4.69) is 16.3 Å². The minimum Gasteiger partial charge on any atom is -0.456 e. The highest BCUT2D eigenvalue weighted by Crippen LogP contribution is 2.36. The fraction of sp³-hybridized carbons (Fsp3) is 0.250. The molecular formula is C28H30FN3O2. The number of nitrogens with zero attached hydrogens (tertiary/aromatic N) is 2. The van der Waals surface area contributed by atoms with Crippen LogP contribution in [0.3, 0.4) is 0 Å². The maximum atomic E-state index is 13.4. The van der Waals surface area contributed by atoms with Gasteiger partial charge in [-0.3, -0.25) is 4.79 Å². The number of benzene rings is 3. The molecule has 0 fully saturated rings. The smallest absolute Gasteiger partial charge is 0.253 e. The summed E-state index contributed by atoms with van der Waals surface area (Å²) in [7, 11) is 7.71. The van der Waals surface area contributed by atoms with Crippen LogP contribution in [-0.4, -0.2) is 57.0 Å². The molecule has 0 saturated carbocycles. The van der Waals surface area contributed by atoms with Gasteiger partial charge in [0.2, 0.25) is 0 Å². The average molecular weight is 460 g/mol. The zero-order valence-corrected chi connectivity index (χ0v) is 20.1. The molecule has 4 aromatic rings. The number of likely N-dealkylation sites (N-methyl/N-ethyl adjacent to an activating group) is 2. The number of furan rings is 1. The topological polar surface area (TPSA) is 48.7 Å². The van der Waals surface area contributed by atoms with E-state index in [1.807, 2.05) is 64.6 Å². The Morgan fingerprint density at radius 2 is 1.62 bits per heavy atom. The molecule has 34 heavy (non-hydrogen) atoms. The Bertz CT molecular complexity index is 1300. The van der Waals surface area contributed by atoms with Crippen LogP contribution in [0.25, 0.3) is 33.4 Å². The van der Waals surface area contributed by atoms with Crippen molar-refractivity contribution >= 4 is 16.9 Å². The molecule has 4 rings (SSSR count). The number of halogens is 1. The van der Waals surface area contributed by atoms with E-state index in [0.29, 0.717) is 18.7 Å². The van der Waals surface area contributed by atoms with Crippen LogP contribution in [-0.2, 0) is 6.54 Å². The molecule has 0 aliphatic carbocycles. The molecule has 0 unspecified atom stereocenters. The summed E-state index contributed by atoms with van der Waals surface area (Å²) >= 11 is 0. The molecule has 0 aliphatic heterocycles. The van der Waals surface area contributed by atoms with Gasteiger partial charge in [0.15, 0.2) is 0 Å². The minimum absolute atomic E-state index is 0.00237. The first-order valence-electron chi connectivity index (χ1n) is 11.3. The average Bonchev–Trinajstić information content (AvgIpc) is 3.20. The third kappa shape index (κ3) is 5.03. The Hall–Kier alpha value is -3.48. The van der Waals surface area contributed by atoms with Crippen LogP contribution >= 0.6 is 0 Å². The molecule has 1 N–H and O–H groups in total. The first-order valence-corrected chi connectivity index (χ1v) is 11.3. The molecular weight excluding hydrogens is 429 g/mol. The molecule has 0 atom stereocenters. The van der Waals surface area contributed by atoms with Gasteiger partial charge in [-0.05, 0) is 80.8 Å². The number of fused-ring (bicyclic) bond motifs is 1. The quantitative estimate of drug-likeness (QED) is 0.391. The van der Waals surface area contributed by atoms with Crippen LogP contribution in [0.15, 0.2) is 71.1 Å². The Morgan fingerprint density at radius 1 is 0.912 bits per heavy atom. The van der Waals surface area contributed by atoms with Gasteiger partial charge in [-0.25, -0.2) is 4.39 Å². The van der Waals surface area contributed by atoms with Crippen molar-refractivity contribution in [1.82, 2.24) is 15.1 Å². The van der Waals surface area contributed by atoms with Crippen LogP contribution in [0.5, 0.6) is 0 Å². The SMILES string of the molecule is CNCc1c(-c2ccc(F)cc2)oc2ccc(-c3cccc(C(=O)N(C)CCN(C)C)c3)cc12. The summed E-state index contributed by atoms with van der Waals surface area (Å²) < 4.78 is 19.6. The highest BCUT2D eigenvalue weighted by Gasteiger charge is 2.17. The lowest BCUT2D eigenvalue weighted by Gasteiger charge is -2.20. The van der Waals surface area contributed by atoms with Crippen LogP contribution in [0.4, 0.5) is 4.39 Å². The maximum Gasteiger partial charge on any atom is 0.253 e. The van der Waals surface area contributed by atoms with Gasteiger partial charge in [0.05, 0.1) is 0 Å². The van der Waals surface area contributed by atoms with Crippen molar-refractivity contribution in [3.63, 3.8) is 0 Å². The van der Waals surface area contributed by atoms with Crippen molar-refractivity contribution in [2.24, 2.45) is 0 Å². The molecule has 3 aromatic carbocycles. The Morgan fingerprint density at radius 3 is 2.32 bits per heavy atom. The molecule has 0 bridgehead atoms. The van der Waals surface area contributed by atoms with Gasteiger partial charge in [0.25, 0.3) is 5.91 Å². The number of carbonyl (C=O) groups is 1. The number of carbonyl (C=O) groups excluding carboxylic acids is 1. The largest absolute Gasteiger partial charge is 0.456 e. The van der Waals surface area contributed by atoms with E-state index in [4.69, 9.17) is 4.42 Å². The number of nitrogens with one attached hydrogen (secondary N) is 1. The first kappa shape index (κ1) is 23.7. The predicted molar refractivity (Wildman–Crippen MR) is 135 cm³/mol. The van der Waals surface area contributed by atoms with Gasteiger partial charge in [0.1, 0.15) is 17.2 Å². The van der Waals surface area contributed by atoms with E-state index < -0.39 is 0 Å². The van der Waals surface area contributed by atoms with Gasteiger partial charge in [-0.2, -0.15) is 0 Å². The number of rotatable bonds is 8. The summed E-state index contributed by atoms with van der Waals surface area (Å²) in [5.74, 6) is 0.453. The molecule has 176 valence electrons. The minimum atomic E-state index is -0.279. The van der Waals surface area contributed by atoms with Crippen LogP contribution < -0.4 is 5.32 Å². The Balaban J connectivity index is 1.70. The third-order valence-corrected chi connectivity index (χ3v) is 5.92. The summed E-state index contributed by atoms with van der Waals surface area (Å²) in [5.41, 5.74) is 5.24. The van der Waals surface area contributed by atoms with Gasteiger partial charge in [-0.15, -0.1) is 0 Å². The fourth-order valence-corrected chi connectivity index (χ4v) is 4.02. The first-order chi connectivity index (χ1) is 16.4. The van der Waals surface area contributed by atoms with E-state index >= 15 is 0 Å². The summed E-state index contributed by atoms with van der Waals surface area (Å²) in [6.45, 7) is 2.08. The van der Waals surface area contributed by atoms with E-state index in [9.17, 15) is 9.18 Å². The Labute approximate surface area is 199 Å². The van der Waals surface area contributed by atoms with Gasteiger partial charge in [-0.1, -0.05) is 18.2 Å². The summed E-state index contributed by atoms with van der Waals surface area (Å²) in [6, 6.07) is 20.1. The van der Waals surface area contributed by atoms with Crippen molar-refractivity contribution < 1.29 is 13.6 Å². The van der Waals surface area contributed by atoms with E-state index in [-0.39, 0.29) is 11.7 Å². The van der Waals surface area contributed by atoms with Gasteiger partial charge >= 0.3 is 0 Å². The Kier molecular flexibility index (Phi) is 7.10.